The summed E-state index contributed by atoms with van der Waals surface area (Å²) >= 11 is 1.54. The standard InChI is InChI=1S/C18H19N3O3S/c22-18(16-7-12-3-1-2-4-14(12)20-16)21-15-5-6-23-9-17(15)24-8-13-10-25-11-19-13/h1-4,7,10-11,15,17,20H,5-6,8-9H2,(H,21,22)/t15-,17-/m1/s1. The number of amides is 1. The van der Waals surface area contributed by atoms with Crippen LogP contribution in [0.3, 0.4) is 0 Å². The van der Waals surface area contributed by atoms with Crippen LogP contribution in [0.2, 0.25) is 0 Å². The summed E-state index contributed by atoms with van der Waals surface area (Å²) in [6.45, 7) is 1.52. The summed E-state index contributed by atoms with van der Waals surface area (Å²) < 4.78 is 11.4. The average molecular weight is 357 g/mol. The van der Waals surface area contributed by atoms with E-state index in [9.17, 15) is 4.79 Å². The zero-order valence-corrected chi connectivity index (χ0v) is 14.4. The molecule has 1 aromatic carbocycles. The van der Waals surface area contributed by atoms with E-state index in [0.717, 1.165) is 23.0 Å². The quantitative estimate of drug-likeness (QED) is 0.736. The minimum absolute atomic E-state index is 0.0775. The molecular weight excluding hydrogens is 338 g/mol. The molecular formula is C18H19N3O3S. The van der Waals surface area contributed by atoms with Gasteiger partial charge in [-0.05, 0) is 18.6 Å². The number of aromatic amines is 1. The number of thiazole rings is 1. The van der Waals surface area contributed by atoms with Crippen LogP contribution in [0.25, 0.3) is 10.9 Å². The number of H-pyrrole nitrogens is 1. The van der Waals surface area contributed by atoms with Crippen LogP contribution >= 0.6 is 11.3 Å². The monoisotopic (exact) mass is 357 g/mol. The van der Waals surface area contributed by atoms with E-state index in [4.69, 9.17) is 9.47 Å². The van der Waals surface area contributed by atoms with Gasteiger partial charge in [-0.3, -0.25) is 4.79 Å². The number of aromatic nitrogens is 2. The molecule has 1 amide bonds. The number of hydrogen-bond donors (Lipinski definition) is 2. The predicted molar refractivity (Wildman–Crippen MR) is 95.7 cm³/mol. The molecule has 3 aromatic rings. The summed E-state index contributed by atoms with van der Waals surface area (Å²) in [5, 5.41) is 6.07. The first-order valence-electron chi connectivity index (χ1n) is 8.24. The summed E-state index contributed by atoms with van der Waals surface area (Å²) in [6.07, 6.45) is 0.553. The van der Waals surface area contributed by atoms with Crippen molar-refractivity contribution in [2.45, 2.75) is 25.2 Å². The predicted octanol–water partition coefficient (Wildman–Crippen LogP) is 2.73. The highest BCUT2D eigenvalue weighted by Gasteiger charge is 2.28. The molecule has 1 aliphatic rings. The molecule has 0 spiro atoms. The normalized spacial score (nSPS) is 20.6. The Labute approximate surface area is 149 Å². The van der Waals surface area contributed by atoms with E-state index in [1.807, 2.05) is 35.7 Å². The molecule has 0 radical (unpaired) electrons. The van der Waals surface area contributed by atoms with E-state index in [-0.39, 0.29) is 18.1 Å². The Balaban J connectivity index is 1.42. The highest BCUT2D eigenvalue weighted by atomic mass is 32.1. The molecule has 0 saturated carbocycles. The van der Waals surface area contributed by atoms with Gasteiger partial charge in [0.25, 0.3) is 5.91 Å². The van der Waals surface area contributed by atoms with Crippen molar-refractivity contribution in [3.8, 4) is 0 Å². The molecule has 6 nitrogen and oxygen atoms in total. The number of fused-ring (bicyclic) bond motifs is 1. The fourth-order valence-electron chi connectivity index (χ4n) is 2.98. The third-order valence-corrected chi connectivity index (χ3v) is 4.96. The van der Waals surface area contributed by atoms with Gasteiger partial charge in [-0.15, -0.1) is 11.3 Å². The number of carbonyl (C=O) groups excluding carboxylic acids is 1. The minimum Gasteiger partial charge on any atom is -0.379 e. The van der Waals surface area contributed by atoms with E-state index >= 15 is 0 Å². The maximum absolute atomic E-state index is 12.6. The van der Waals surface area contributed by atoms with E-state index in [0.29, 0.717) is 25.5 Å². The molecule has 0 unspecified atom stereocenters. The SMILES string of the molecule is O=C(N[C@@H]1CCOC[C@H]1OCc1cscn1)c1cc2ccccc2[nH]1. The zero-order valence-electron chi connectivity index (χ0n) is 13.6. The van der Waals surface area contributed by atoms with Gasteiger partial charge in [-0.25, -0.2) is 4.98 Å². The summed E-state index contributed by atoms with van der Waals surface area (Å²) in [6, 6.07) is 9.64. The van der Waals surface area contributed by atoms with Gasteiger partial charge in [0, 0.05) is 22.9 Å². The van der Waals surface area contributed by atoms with Crippen molar-refractivity contribution < 1.29 is 14.3 Å². The van der Waals surface area contributed by atoms with Crippen molar-refractivity contribution in [3.63, 3.8) is 0 Å². The van der Waals surface area contributed by atoms with Crippen molar-refractivity contribution in [3.05, 3.63) is 52.6 Å². The van der Waals surface area contributed by atoms with Crippen molar-refractivity contribution in [1.29, 1.82) is 0 Å². The molecule has 0 bridgehead atoms. The van der Waals surface area contributed by atoms with Gasteiger partial charge < -0.3 is 19.8 Å². The molecule has 1 fully saturated rings. The lowest BCUT2D eigenvalue weighted by Crippen LogP contribution is -2.50. The average Bonchev–Trinajstić information content (AvgIpc) is 3.30. The maximum atomic E-state index is 12.6. The Bertz CT molecular complexity index is 813. The van der Waals surface area contributed by atoms with Crippen LogP contribution in [-0.4, -0.2) is 41.2 Å². The highest BCUT2D eigenvalue weighted by molar-refractivity contribution is 7.07. The van der Waals surface area contributed by atoms with Crippen molar-refractivity contribution in [2.75, 3.05) is 13.2 Å². The number of para-hydroxylation sites is 1. The van der Waals surface area contributed by atoms with Gasteiger partial charge in [0.05, 0.1) is 30.5 Å². The topological polar surface area (TPSA) is 76.2 Å². The molecule has 3 heterocycles. The second-order valence-corrected chi connectivity index (χ2v) is 6.76. The number of nitrogens with zero attached hydrogens (tertiary/aromatic N) is 1. The first-order valence-corrected chi connectivity index (χ1v) is 9.19. The Kier molecular flexibility index (Phi) is 4.78. The largest absolute Gasteiger partial charge is 0.379 e. The van der Waals surface area contributed by atoms with Crippen LogP contribution in [0.4, 0.5) is 0 Å². The zero-order chi connectivity index (χ0) is 17.1. The van der Waals surface area contributed by atoms with Crippen LogP contribution in [-0.2, 0) is 16.1 Å². The van der Waals surface area contributed by atoms with Crippen LogP contribution in [0.1, 0.15) is 22.6 Å². The van der Waals surface area contributed by atoms with Gasteiger partial charge in [-0.2, -0.15) is 0 Å². The molecule has 25 heavy (non-hydrogen) atoms. The third-order valence-electron chi connectivity index (χ3n) is 4.32. The molecule has 1 saturated heterocycles. The second kappa shape index (κ2) is 7.35. The van der Waals surface area contributed by atoms with Crippen molar-refractivity contribution >= 4 is 28.1 Å². The second-order valence-electron chi connectivity index (χ2n) is 6.04. The Morgan fingerprint density at radius 2 is 2.36 bits per heavy atom. The number of rotatable bonds is 5. The summed E-state index contributed by atoms with van der Waals surface area (Å²) in [5.41, 5.74) is 4.20. The fourth-order valence-corrected chi connectivity index (χ4v) is 3.53. The number of nitrogens with one attached hydrogen (secondary N) is 2. The summed E-state index contributed by atoms with van der Waals surface area (Å²) in [7, 11) is 0. The number of ether oxygens (including phenoxy) is 2. The first kappa shape index (κ1) is 16.3. The van der Waals surface area contributed by atoms with Gasteiger partial charge in [0.2, 0.25) is 0 Å². The van der Waals surface area contributed by atoms with Gasteiger partial charge in [-0.1, -0.05) is 18.2 Å². The molecule has 2 atom stereocenters. The van der Waals surface area contributed by atoms with Crippen molar-refractivity contribution in [1.82, 2.24) is 15.3 Å². The molecule has 4 rings (SSSR count). The minimum atomic E-state index is -0.177. The summed E-state index contributed by atoms with van der Waals surface area (Å²) in [4.78, 5) is 20.0. The molecule has 1 aliphatic heterocycles. The van der Waals surface area contributed by atoms with Crippen LogP contribution in [0, 0.1) is 0 Å². The van der Waals surface area contributed by atoms with Crippen molar-refractivity contribution in [2.24, 2.45) is 0 Å². The van der Waals surface area contributed by atoms with E-state index in [1.165, 1.54) is 0 Å². The molecule has 130 valence electrons. The Hall–Kier alpha value is -2.22. The van der Waals surface area contributed by atoms with Gasteiger partial charge in [0.15, 0.2) is 0 Å². The highest BCUT2D eigenvalue weighted by Crippen LogP contribution is 2.17. The lowest BCUT2D eigenvalue weighted by Gasteiger charge is -2.31. The molecule has 2 aromatic heterocycles. The smallest absolute Gasteiger partial charge is 0.268 e. The molecule has 7 heteroatoms. The lowest BCUT2D eigenvalue weighted by atomic mass is 10.1. The molecule has 0 aliphatic carbocycles. The van der Waals surface area contributed by atoms with Gasteiger partial charge >= 0.3 is 0 Å². The van der Waals surface area contributed by atoms with Crippen LogP contribution in [0.5, 0.6) is 0 Å². The molecule has 2 N–H and O–H groups in total. The van der Waals surface area contributed by atoms with E-state index < -0.39 is 0 Å². The number of hydrogen-bond acceptors (Lipinski definition) is 5. The number of benzene rings is 1. The third kappa shape index (κ3) is 3.73. The number of carbonyl (C=O) groups is 1. The van der Waals surface area contributed by atoms with Gasteiger partial charge in [0.1, 0.15) is 11.8 Å². The lowest BCUT2D eigenvalue weighted by molar-refractivity contribution is -0.0742. The summed E-state index contributed by atoms with van der Waals surface area (Å²) in [5.74, 6) is -0.120. The fraction of sp³-hybridized carbons (Fsp3) is 0.333. The maximum Gasteiger partial charge on any atom is 0.268 e. The van der Waals surface area contributed by atoms with Crippen LogP contribution < -0.4 is 5.32 Å². The van der Waals surface area contributed by atoms with E-state index in [2.05, 4.69) is 15.3 Å². The Morgan fingerprint density at radius 3 is 3.20 bits per heavy atom. The Morgan fingerprint density at radius 1 is 1.44 bits per heavy atom. The first-order chi connectivity index (χ1) is 12.3. The van der Waals surface area contributed by atoms with E-state index in [1.54, 1.807) is 16.8 Å². The van der Waals surface area contributed by atoms with Crippen LogP contribution in [0.15, 0.2) is 41.2 Å².